The van der Waals surface area contributed by atoms with E-state index in [9.17, 15) is 0 Å². The molecule has 21 heavy (non-hydrogen) atoms. The molecule has 3 nitrogen and oxygen atoms in total. The first kappa shape index (κ1) is 14.0. The average Bonchev–Trinajstić information content (AvgIpc) is 2.51. The summed E-state index contributed by atoms with van der Waals surface area (Å²) >= 11 is 5.49. The predicted octanol–water partition coefficient (Wildman–Crippen LogP) is 1.69. The van der Waals surface area contributed by atoms with E-state index in [4.69, 9.17) is 12.2 Å². The number of hydrogen-bond acceptors (Lipinski definition) is 1. The van der Waals surface area contributed by atoms with E-state index in [1.807, 2.05) is 0 Å². The van der Waals surface area contributed by atoms with Crippen LogP contribution in [-0.4, -0.2) is 18.4 Å². The zero-order valence-electron chi connectivity index (χ0n) is 12.2. The van der Waals surface area contributed by atoms with Gasteiger partial charge in [0, 0.05) is 5.56 Å². The second-order valence-corrected chi connectivity index (χ2v) is 5.83. The number of rotatable bonds is 3. The van der Waals surface area contributed by atoms with E-state index in [1.165, 1.54) is 21.7 Å². The Morgan fingerprint density at radius 2 is 1.81 bits per heavy atom. The summed E-state index contributed by atoms with van der Waals surface area (Å²) in [5, 5.41) is 4.17. The van der Waals surface area contributed by atoms with Gasteiger partial charge in [0.1, 0.15) is 6.54 Å². The van der Waals surface area contributed by atoms with Crippen LogP contribution in [0.15, 0.2) is 54.6 Å². The molecule has 0 aliphatic carbocycles. The smallest absolute Gasteiger partial charge is 0.182 e. The summed E-state index contributed by atoms with van der Waals surface area (Å²) in [4.78, 5) is 3.66. The quantitative estimate of drug-likeness (QED) is 0.842. The molecule has 2 aromatic rings. The maximum atomic E-state index is 5.49. The molecule has 0 amide bonds. The molecule has 1 saturated heterocycles. The highest BCUT2D eigenvalue weighted by atomic mass is 32.1. The molecule has 2 N–H and O–H groups in total. The normalized spacial score (nSPS) is 18.4. The van der Waals surface area contributed by atoms with Gasteiger partial charge in [0.25, 0.3) is 0 Å². The molecule has 0 radical (unpaired) electrons. The van der Waals surface area contributed by atoms with Crippen LogP contribution in [0.5, 0.6) is 0 Å². The lowest BCUT2D eigenvalue weighted by Crippen LogP contribution is -3.16. The molecule has 0 saturated carbocycles. The minimum absolute atomic E-state index is 0.820. The Bertz CT molecular complexity index is 627. The van der Waals surface area contributed by atoms with Gasteiger partial charge in [0.15, 0.2) is 18.4 Å². The van der Waals surface area contributed by atoms with Crippen LogP contribution in [0.2, 0.25) is 0 Å². The third kappa shape index (κ3) is 3.23. The van der Waals surface area contributed by atoms with Gasteiger partial charge in [-0.15, -0.1) is 0 Å². The Hall–Kier alpha value is -1.91. The maximum absolute atomic E-state index is 5.49. The number of thiocarbonyl (C=S) groups is 1. The predicted molar refractivity (Wildman–Crippen MR) is 90.2 cm³/mol. The molecule has 2 aromatic carbocycles. The molecule has 1 heterocycles. The molecule has 1 atom stereocenters. The van der Waals surface area contributed by atoms with E-state index >= 15 is 0 Å². The topological polar surface area (TPSA) is 19.7 Å². The summed E-state index contributed by atoms with van der Waals surface area (Å²) in [6.45, 7) is 4.89. The van der Waals surface area contributed by atoms with Crippen molar-refractivity contribution in [3.63, 3.8) is 0 Å². The van der Waals surface area contributed by atoms with E-state index < -0.39 is 0 Å². The number of anilines is 1. The lowest BCUT2D eigenvalue weighted by atomic mass is 10.2. The van der Waals surface area contributed by atoms with Crippen LogP contribution >= 0.6 is 12.2 Å². The van der Waals surface area contributed by atoms with E-state index in [2.05, 4.69) is 71.7 Å². The Labute approximate surface area is 131 Å². The Morgan fingerprint density at radius 1 is 1.10 bits per heavy atom. The minimum Gasteiger partial charge on any atom is -0.315 e. The first-order valence-corrected chi connectivity index (χ1v) is 7.63. The van der Waals surface area contributed by atoms with Crippen molar-refractivity contribution >= 4 is 23.0 Å². The lowest BCUT2D eigenvalue weighted by Gasteiger charge is -2.35. The summed E-state index contributed by atoms with van der Waals surface area (Å²) in [5.74, 6) is 0. The second kappa shape index (κ2) is 6.24. The molecule has 1 unspecified atom stereocenters. The van der Waals surface area contributed by atoms with E-state index in [1.54, 1.807) is 0 Å². The molecule has 0 bridgehead atoms. The van der Waals surface area contributed by atoms with Gasteiger partial charge in [-0.25, -0.2) is 0 Å². The van der Waals surface area contributed by atoms with Crippen molar-refractivity contribution in [2.24, 2.45) is 0 Å². The molecular formula is C17H20N3S+. The van der Waals surface area contributed by atoms with E-state index in [0.29, 0.717) is 0 Å². The molecule has 1 aliphatic rings. The molecule has 0 spiro atoms. The van der Waals surface area contributed by atoms with Gasteiger partial charge in [0.2, 0.25) is 0 Å². The number of quaternary nitrogens is 1. The lowest BCUT2D eigenvalue weighted by molar-refractivity contribution is -0.916. The van der Waals surface area contributed by atoms with Crippen LogP contribution in [0.3, 0.4) is 0 Å². The summed E-state index contributed by atoms with van der Waals surface area (Å²) < 4.78 is 0. The van der Waals surface area contributed by atoms with Gasteiger partial charge in [-0.05, 0) is 30.8 Å². The van der Waals surface area contributed by atoms with Crippen LogP contribution in [0.25, 0.3) is 0 Å². The number of hydrogen-bond donors (Lipinski definition) is 2. The largest absolute Gasteiger partial charge is 0.315 e. The Morgan fingerprint density at radius 3 is 2.57 bits per heavy atom. The summed E-state index contributed by atoms with van der Waals surface area (Å²) in [5.41, 5.74) is 3.80. The van der Waals surface area contributed by atoms with Gasteiger partial charge in [-0.1, -0.05) is 48.5 Å². The fourth-order valence-electron chi connectivity index (χ4n) is 2.71. The fraction of sp³-hybridized carbons (Fsp3) is 0.235. The first-order chi connectivity index (χ1) is 10.2. The minimum atomic E-state index is 0.820. The summed E-state index contributed by atoms with van der Waals surface area (Å²) in [6.07, 6.45) is 0. The summed E-state index contributed by atoms with van der Waals surface area (Å²) in [6, 6.07) is 19.0. The van der Waals surface area contributed by atoms with Crippen molar-refractivity contribution in [2.75, 3.05) is 18.2 Å². The zero-order chi connectivity index (χ0) is 14.7. The first-order valence-electron chi connectivity index (χ1n) is 7.22. The van der Waals surface area contributed by atoms with Crippen molar-refractivity contribution in [2.45, 2.75) is 13.5 Å². The van der Waals surface area contributed by atoms with Gasteiger partial charge >= 0.3 is 0 Å². The van der Waals surface area contributed by atoms with Crippen molar-refractivity contribution in [3.05, 3.63) is 65.7 Å². The molecular weight excluding hydrogens is 278 g/mol. The number of nitrogens with zero attached hydrogens (tertiary/aromatic N) is 1. The van der Waals surface area contributed by atoms with Crippen molar-refractivity contribution in [1.29, 1.82) is 0 Å². The van der Waals surface area contributed by atoms with Crippen LogP contribution in [-0.2, 0) is 6.54 Å². The fourth-order valence-corrected chi connectivity index (χ4v) is 2.95. The number of para-hydroxylation sites is 1. The zero-order valence-corrected chi connectivity index (χ0v) is 13.0. The van der Waals surface area contributed by atoms with E-state index in [0.717, 1.165) is 25.0 Å². The monoisotopic (exact) mass is 298 g/mol. The van der Waals surface area contributed by atoms with Crippen LogP contribution < -0.4 is 15.1 Å². The van der Waals surface area contributed by atoms with Crippen molar-refractivity contribution < 1.29 is 4.90 Å². The SMILES string of the molecule is Cc1ccccc1N1C[NH+](Cc2ccccc2)CNC1=S. The van der Waals surface area contributed by atoms with Gasteiger partial charge in [-0.3, -0.25) is 9.80 Å². The highest BCUT2D eigenvalue weighted by Gasteiger charge is 2.25. The summed E-state index contributed by atoms with van der Waals surface area (Å²) in [7, 11) is 0. The highest BCUT2D eigenvalue weighted by molar-refractivity contribution is 7.80. The molecule has 1 aliphatic heterocycles. The van der Waals surface area contributed by atoms with Crippen molar-refractivity contribution in [3.8, 4) is 0 Å². The van der Waals surface area contributed by atoms with Crippen LogP contribution in [0.4, 0.5) is 5.69 Å². The molecule has 1 fully saturated rings. The Kier molecular flexibility index (Phi) is 4.18. The standard InChI is InChI=1S/C17H19N3S/c1-14-7-5-6-10-16(14)20-13-19(12-18-17(20)21)11-15-8-3-2-4-9-15/h2-10H,11-13H2,1H3,(H,18,21)/p+1. The molecule has 108 valence electrons. The van der Waals surface area contributed by atoms with Crippen LogP contribution in [0.1, 0.15) is 11.1 Å². The number of aryl methyl sites for hydroxylation is 1. The third-order valence-corrected chi connectivity index (χ3v) is 4.18. The van der Waals surface area contributed by atoms with Gasteiger partial charge in [-0.2, -0.15) is 0 Å². The van der Waals surface area contributed by atoms with Crippen LogP contribution in [0, 0.1) is 6.92 Å². The van der Waals surface area contributed by atoms with Gasteiger partial charge < -0.3 is 5.32 Å². The number of benzene rings is 2. The highest BCUT2D eigenvalue weighted by Crippen LogP contribution is 2.19. The number of nitrogens with one attached hydrogen (secondary N) is 2. The van der Waals surface area contributed by atoms with Crippen molar-refractivity contribution in [1.82, 2.24) is 5.32 Å². The second-order valence-electron chi connectivity index (χ2n) is 5.44. The molecule has 4 heteroatoms. The molecule has 0 aromatic heterocycles. The Balaban J connectivity index is 1.76. The maximum Gasteiger partial charge on any atom is 0.182 e. The average molecular weight is 298 g/mol. The molecule has 3 rings (SSSR count). The van der Waals surface area contributed by atoms with E-state index in [-0.39, 0.29) is 0 Å². The third-order valence-electron chi connectivity index (χ3n) is 3.82. The van der Waals surface area contributed by atoms with Gasteiger partial charge in [0.05, 0.1) is 5.69 Å².